The molecule has 3 aliphatic heterocycles. The topological polar surface area (TPSA) is 90.4 Å². The Labute approximate surface area is 285 Å². The number of halogens is 1. The lowest BCUT2D eigenvalue weighted by atomic mass is 9.82. The van der Waals surface area contributed by atoms with Crippen LogP contribution in [0.4, 0.5) is 21.2 Å². The van der Waals surface area contributed by atoms with Crippen molar-refractivity contribution in [2.24, 2.45) is 5.92 Å². The summed E-state index contributed by atoms with van der Waals surface area (Å²) in [5.41, 5.74) is 2.71. The number of rotatable bonds is 12. The number of allylic oxidation sites excluding steroid dienone is 3. The van der Waals surface area contributed by atoms with E-state index in [-0.39, 0.29) is 30.9 Å². The second kappa shape index (κ2) is 14.5. The Morgan fingerprint density at radius 3 is 2.50 bits per heavy atom. The lowest BCUT2D eigenvalue weighted by Gasteiger charge is -2.31. The predicted octanol–water partition coefficient (Wildman–Crippen LogP) is 7.17. The Morgan fingerprint density at radius 1 is 1.12 bits per heavy atom. The Morgan fingerprint density at radius 2 is 1.85 bits per heavy atom. The zero-order chi connectivity index (χ0) is 34.8. The maximum atomic E-state index is 16.4. The molecule has 3 heterocycles. The number of aliphatic hydroxyl groups excluding tert-OH is 1. The minimum Gasteiger partial charge on any atom is -0.394 e. The minimum atomic E-state index is -3.50. The first-order valence-corrected chi connectivity index (χ1v) is 20.1. The Balaban J connectivity index is 1.58. The van der Waals surface area contributed by atoms with Crippen molar-refractivity contribution in [3.63, 3.8) is 0 Å². The van der Waals surface area contributed by atoms with Crippen molar-refractivity contribution in [3.8, 4) is 0 Å². The zero-order valence-corrected chi connectivity index (χ0v) is 30.1. The smallest absolute Gasteiger partial charge is 0.264 e. The summed E-state index contributed by atoms with van der Waals surface area (Å²) in [4.78, 5) is 45.9. The molecular weight excluding hydrogens is 626 g/mol. The van der Waals surface area contributed by atoms with Gasteiger partial charge in [0, 0.05) is 41.5 Å². The van der Waals surface area contributed by atoms with Gasteiger partial charge in [0.25, 0.3) is 5.91 Å². The number of carbonyl (C=O) groups is 3. The van der Waals surface area contributed by atoms with Crippen LogP contribution < -0.4 is 9.80 Å². The highest BCUT2D eigenvalue weighted by Gasteiger charge is 2.67. The van der Waals surface area contributed by atoms with E-state index in [9.17, 15) is 19.5 Å². The number of benzene rings is 2. The highest BCUT2D eigenvalue weighted by Crippen LogP contribution is 2.60. The first-order valence-electron chi connectivity index (χ1n) is 17.2. The lowest BCUT2D eigenvalue weighted by Crippen LogP contribution is -2.45. The molecule has 3 amide bonds. The molecule has 0 radical (unpaired) electrons. The van der Waals surface area contributed by atoms with Crippen molar-refractivity contribution >= 4 is 43.7 Å². The van der Waals surface area contributed by atoms with Gasteiger partial charge in [0.2, 0.25) is 20.7 Å². The van der Waals surface area contributed by atoms with Crippen molar-refractivity contribution in [3.05, 3.63) is 77.4 Å². The summed E-state index contributed by atoms with van der Waals surface area (Å²) in [7, 11) is -3.50. The van der Waals surface area contributed by atoms with E-state index in [0.29, 0.717) is 35.7 Å². The summed E-state index contributed by atoms with van der Waals surface area (Å²) in [5, 5.41) is 9.88. The predicted molar refractivity (Wildman–Crippen MR) is 190 cm³/mol. The molecule has 3 aliphatic rings. The van der Waals surface area contributed by atoms with Crippen molar-refractivity contribution in [1.82, 2.24) is 4.90 Å². The van der Waals surface area contributed by atoms with Crippen LogP contribution in [-0.2, 0) is 24.7 Å². The molecule has 2 fully saturated rings. The molecule has 1 N–H and O–H groups in total. The van der Waals surface area contributed by atoms with Crippen LogP contribution in [0.5, 0.6) is 0 Å². The molecule has 0 saturated carbocycles. The molecule has 0 unspecified atom stereocenters. The van der Waals surface area contributed by atoms with Gasteiger partial charge in [0.1, 0.15) is 0 Å². The highest BCUT2D eigenvalue weighted by molar-refractivity contribution is 6.72. The van der Waals surface area contributed by atoms with E-state index in [1.807, 2.05) is 55.5 Å². The summed E-state index contributed by atoms with van der Waals surface area (Å²) in [5.74, 6) is -1.04. The molecule has 5 atom stereocenters. The van der Waals surface area contributed by atoms with Gasteiger partial charge in [0.05, 0.1) is 30.9 Å². The van der Waals surface area contributed by atoms with Gasteiger partial charge in [-0.2, -0.15) is 0 Å². The average molecular weight is 676 g/mol. The van der Waals surface area contributed by atoms with Crippen LogP contribution in [0.25, 0.3) is 0 Å². The summed E-state index contributed by atoms with van der Waals surface area (Å²) >= 11 is 0. The van der Waals surface area contributed by atoms with E-state index in [1.54, 1.807) is 22.9 Å². The average Bonchev–Trinajstić information content (AvgIpc) is 3.70. The minimum absolute atomic E-state index is 0.0657. The third-order valence-corrected chi connectivity index (χ3v) is 12.8. The van der Waals surface area contributed by atoms with Gasteiger partial charge >= 0.3 is 0 Å². The number of carbonyl (C=O) groups excluding carboxylic acids is 3. The largest absolute Gasteiger partial charge is 0.394 e. The zero-order valence-electron chi connectivity index (χ0n) is 29.1. The van der Waals surface area contributed by atoms with Crippen LogP contribution in [0.15, 0.2) is 71.8 Å². The van der Waals surface area contributed by atoms with Gasteiger partial charge in [-0.3, -0.25) is 19.3 Å². The molecule has 48 heavy (non-hydrogen) atoms. The lowest BCUT2D eigenvalue weighted by molar-refractivity contribution is -0.149. The Kier molecular flexibility index (Phi) is 10.8. The van der Waals surface area contributed by atoms with Crippen molar-refractivity contribution in [2.75, 3.05) is 29.5 Å². The normalized spacial score (nSPS) is 25.5. The molecule has 258 valence electrons. The van der Waals surface area contributed by atoms with Crippen LogP contribution in [0.3, 0.4) is 0 Å². The SMILES string of the molecule is CC(C)=CCC/C(C)=C/CN1C(=O)[C@]2(O[C@H](CC(=O)N3CCC[C@H]3CO)[C@@H]([Si](C)(C)F)[C@@H]2C)c2cc(N(C=O)c3ccccc3)ccc21. The number of nitrogens with zero attached hydrogens (tertiary/aromatic N) is 3. The molecule has 8 nitrogen and oxygen atoms in total. The molecule has 2 aromatic carbocycles. The first kappa shape index (κ1) is 35.7. The quantitative estimate of drug-likeness (QED) is 0.112. The monoisotopic (exact) mass is 675 g/mol. The number of aliphatic hydroxyl groups is 1. The highest BCUT2D eigenvalue weighted by atomic mass is 28.4. The van der Waals surface area contributed by atoms with Gasteiger partial charge < -0.3 is 23.8 Å². The van der Waals surface area contributed by atoms with Crippen molar-refractivity contribution < 1.29 is 28.3 Å². The fraction of sp³-hybridized carbons (Fsp3) is 0.500. The number of hydrogen-bond donors (Lipinski definition) is 1. The number of ether oxygens (including phenoxy) is 1. The van der Waals surface area contributed by atoms with E-state index in [4.69, 9.17) is 4.74 Å². The first-order chi connectivity index (χ1) is 22.8. The number of amides is 3. The molecule has 5 rings (SSSR count). The number of likely N-dealkylation sites (tertiary alicyclic amines) is 1. The molecule has 0 aromatic heterocycles. The van der Waals surface area contributed by atoms with E-state index < -0.39 is 31.6 Å². The summed E-state index contributed by atoms with van der Waals surface area (Å²) in [6.45, 7) is 12.1. The van der Waals surface area contributed by atoms with Crippen molar-refractivity contribution in [2.45, 2.75) is 96.2 Å². The fourth-order valence-corrected chi connectivity index (χ4v) is 10.5. The third kappa shape index (κ3) is 6.80. The van der Waals surface area contributed by atoms with Crippen LogP contribution in [0.2, 0.25) is 18.6 Å². The summed E-state index contributed by atoms with van der Waals surface area (Å²) < 4.78 is 23.3. The second-order valence-corrected chi connectivity index (χ2v) is 18.1. The summed E-state index contributed by atoms with van der Waals surface area (Å²) in [6, 6.07) is 14.5. The van der Waals surface area contributed by atoms with Gasteiger partial charge in [-0.15, -0.1) is 0 Å². The van der Waals surface area contributed by atoms with E-state index >= 15 is 4.11 Å². The molecule has 10 heteroatoms. The van der Waals surface area contributed by atoms with Gasteiger partial charge in [0.15, 0.2) is 5.60 Å². The van der Waals surface area contributed by atoms with Gasteiger partial charge in [-0.05, 0) is 89.9 Å². The molecule has 2 saturated heterocycles. The Hall–Kier alpha value is -3.60. The third-order valence-electron chi connectivity index (χ3n) is 10.4. The number of anilines is 3. The molecule has 2 aromatic rings. The summed E-state index contributed by atoms with van der Waals surface area (Å²) in [6.07, 6.45) is 7.40. The van der Waals surface area contributed by atoms with Crippen LogP contribution in [0.1, 0.15) is 65.4 Å². The number of fused-ring (bicyclic) bond motifs is 2. The fourth-order valence-electron chi connectivity index (χ4n) is 8.01. The Bertz CT molecular complexity index is 1570. The maximum absolute atomic E-state index is 16.4. The molecular formula is C38H50FN3O5Si. The maximum Gasteiger partial charge on any atom is 0.264 e. The van der Waals surface area contributed by atoms with E-state index in [1.165, 1.54) is 10.5 Å². The standard InChI is InChI=1S/C38H50FN3O5Si/c1-26(2)12-10-13-27(3)19-21-41-33-18-17-30(42(25-44)29-14-8-7-9-15-29)22-32(33)38(37(41)46)28(4)36(48(5,6)39)34(47-38)23-35(45)40-20-11-16-31(40)24-43/h7-9,12,14-15,17-19,22,25,28,31,34,36,43H,10-11,13,16,20-21,23-24H2,1-6H3/b27-19+/t28-,31-,34+,36-,38+/m0/s1. The van der Waals surface area contributed by atoms with E-state index in [0.717, 1.165) is 37.7 Å². The van der Waals surface area contributed by atoms with Crippen LogP contribution in [-0.4, -0.2) is 68.5 Å². The number of para-hydroxylation sites is 1. The molecule has 1 spiro atoms. The van der Waals surface area contributed by atoms with Crippen molar-refractivity contribution in [1.29, 1.82) is 0 Å². The van der Waals surface area contributed by atoms with Gasteiger partial charge in [-0.1, -0.05) is 48.4 Å². The van der Waals surface area contributed by atoms with Gasteiger partial charge in [-0.25, -0.2) is 0 Å². The van der Waals surface area contributed by atoms with Crippen LogP contribution in [0, 0.1) is 5.92 Å². The van der Waals surface area contributed by atoms with Crippen LogP contribution >= 0.6 is 0 Å². The molecule has 0 bridgehead atoms. The second-order valence-electron chi connectivity index (χ2n) is 14.3. The molecule has 0 aliphatic carbocycles. The number of hydrogen-bond acceptors (Lipinski definition) is 5. The van der Waals surface area contributed by atoms with E-state index in [2.05, 4.69) is 32.9 Å².